The maximum atomic E-state index is 13.9. The van der Waals surface area contributed by atoms with Gasteiger partial charge in [-0.3, -0.25) is 19.3 Å². The number of amides is 3. The van der Waals surface area contributed by atoms with Gasteiger partial charge in [-0.2, -0.15) is 0 Å². The molecule has 0 aromatic heterocycles. The molecule has 3 amide bonds. The van der Waals surface area contributed by atoms with E-state index in [0.717, 1.165) is 47.7 Å². The first-order chi connectivity index (χ1) is 17.5. The molecule has 1 N–H and O–H groups in total. The summed E-state index contributed by atoms with van der Waals surface area (Å²) >= 11 is 6.07. The molecular weight excluding hydrogens is 474 g/mol. The normalized spacial score (nSPS) is 15.9. The van der Waals surface area contributed by atoms with Crippen molar-refractivity contribution in [2.45, 2.75) is 57.7 Å². The maximum absolute atomic E-state index is 13.9. The summed E-state index contributed by atoms with van der Waals surface area (Å²) in [5.41, 5.74) is 2.21. The number of rotatable bonds is 8. The van der Waals surface area contributed by atoms with Crippen LogP contribution in [0.1, 0.15) is 54.9 Å². The van der Waals surface area contributed by atoms with Crippen LogP contribution in [0.25, 0.3) is 10.8 Å². The summed E-state index contributed by atoms with van der Waals surface area (Å²) in [6, 6.07) is 18.2. The fraction of sp³-hybridized carbons (Fsp3) is 0.345. The van der Waals surface area contributed by atoms with Gasteiger partial charge >= 0.3 is 0 Å². The summed E-state index contributed by atoms with van der Waals surface area (Å²) in [6.07, 6.45) is 4.63. The molecule has 0 saturated heterocycles. The molecule has 0 bridgehead atoms. The van der Waals surface area contributed by atoms with E-state index in [1.165, 1.54) is 4.90 Å². The van der Waals surface area contributed by atoms with E-state index >= 15 is 0 Å². The Morgan fingerprint density at radius 2 is 1.75 bits per heavy atom. The van der Waals surface area contributed by atoms with Crippen molar-refractivity contribution in [2.24, 2.45) is 0 Å². The zero-order valence-electron chi connectivity index (χ0n) is 20.4. The van der Waals surface area contributed by atoms with E-state index < -0.39 is 6.04 Å². The minimum Gasteiger partial charge on any atom is -0.352 e. The molecule has 5 rings (SSSR count). The average molecular weight is 504 g/mol. The molecule has 3 aromatic rings. The SMILES string of the molecule is CCC(C(=O)NC1CCCC1)N(Cc1ccc(Cl)cc1)C(=O)CN1C(=O)c2cccc3cccc1c23. The molecule has 1 heterocycles. The number of hydrogen-bond donors (Lipinski definition) is 1. The van der Waals surface area contributed by atoms with Gasteiger partial charge in [-0.25, -0.2) is 0 Å². The van der Waals surface area contributed by atoms with Gasteiger partial charge in [0.2, 0.25) is 11.8 Å². The van der Waals surface area contributed by atoms with Gasteiger partial charge in [-0.05, 0) is 54.5 Å². The maximum Gasteiger partial charge on any atom is 0.259 e. The summed E-state index contributed by atoms with van der Waals surface area (Å²) in [5, 5.41) is 5.60. The quantitative estimate of drug-likeness (QED) is 0.452. The highest BCUT2D eigenvalue weighted by Crippen LogP contribution is 2.37. The van der Waals surface area contributed by atoms with Crippen molar-refractivity contribution in [1.82, 2.24) is 10.2 Å². The smallest absolute Gasteiger partial charge is 0.259 e. The first-order valence-corrected chi connectivity index (χ1v) is 13.0. The van der Waals surface area contributed by atoms with Crippen LogP contribution in [0.2, 0.25) is 5.02 Å². The second kappa shape index (κ2) is 10.3. The highest BCUT2D eigenvalue weighted by atomic mass is 35.5. The Balaban J connectivity index is 1.43. The van der Waals surface area contributed by atoms with E-state index in [2.05, 4.69) is 5.32 Å². The average Bonchev–Trinajstić information content (AvgIpc) is 3.49. The topological polar surface area (TPSA) is 69.7 Å². The van der Waals surface area contributed by atoms with Crippen LogP contribution in [-0.4, -0.2) is 41.2 Å². The Hall–Kier alpha value is -3.38. The minimum absolute atomic E-state index is 0.132. The predicted octanol–water partition coefficient (Wildman–Crippen LogP) is 5.32. The zero-order chi connectivity index (χ0) is 25.2. The number of nitrogens with one attached hydrogen (secondary N) is 1. The standard InChI is InChI=1S/C29H30ClN3O3/c1-2-24(28(35)31-22-9-3-4-10-22)32(17-19-13-15-21(30)16-14-19)26(34)18-33-25-12-6-8-20-7-5-11-23(27(20)25)29(33)36/h5-8,11-16,22,24H,2-4,9-10,17-18H2,1H3,(H,31,35). The number of anilines is 1. The first-order valence-electron chi connectivity index (χ1n) is 12.6. The molecule has 1 fully saturated rings. The van der Waals surface area contributed by atoms with Crippen LogP contribution in [0.3, 0.4) is 0 Å². The van der Waals surface area contributed by atoms with E-state index in [4.69, 9.17) is 11.6 Å². The van der Waals surface area contributed by atoms with E-state index in [1.54, 1.807) is 23.1 Å². The van der Waals surface area contributed by atoms with Gasteiger partial charge in [0.15, 0.2) is 0 Å². The fourth-order valence-electron chi connectivity index (χ4n) is 5.44. The van der Waals surface area contributed by atoms with Crippen molar-refractivity contribution < 1.29 is 14.4 Å². The third kappa shape index (κ3) is 4.70. The molecule has 1 aliphatic heterocycles. The molecule has 0 radical (unpaired) electrons. The van der Waals surface area contributed by atoms with Gasteiger partial charge in [0.1, 0.15) is 12.6 Å². The predicted molar refractivity (Wildman–Crippen MR) is 142 cm³/mol. The Kier molecular flexibility index (Phi) is 6.97. The van der Waals surface area contributed by atoms with Crippen LogP contribution in [0.15, 0.2) is 60.7 Å². The van der Waals surface area contributed by atoms with E-state index in [1.807, 2.05) is 49.4 Å². The zero-order valence-corrected chi connectivity index (χ0v) is 21.1. The van der Waals surface area contributed by atoms with Crippen molar-refractivity contribution in [3.63, 3.8) is 0 Å². The molecule has 7 heteroatoms. The summed E-state index contributed by atoms with van der Waals surface area (Å²) in [6.45, 7) is 2.04. The van der Waals surface area contributed by atoms with Gasteiger partial charge in [-0.1, -0.05) is 67.8 Å². The lowest BCUT2D eigenvalue weighted by molar-refractivity contribution is -0.140. The Morgan fingerprint density at radius 1 is 1.06 bits per heavy atom. The number of carbonyl (C=O) groups is 3. The third-order valence-corrected chi connectivity index (χ3v) is 7.55. The molecule has 1 saturated carbocycles. The second-order valence-corrected chi connectivity index (χ2v) is 10.1. The molecule has 0 spiro atoms. The Morgan fingerprint density at radius 3 is 2.44 bits per heavy atom. The lowest BCUT2D eigenvalue weighted by Gasteiger charge is -2.33. The number of benzene rings is 3. The monoisotopic (exact) mass is 503 g/mol. The first kappa shape index (κ1) is 24.3. The van der Waals surface area contributed by atoms with Gasteiger partial charge in [0.25, 0.3) is 5.91 Å². The van der Waals surface area contributed by atoms with Gasteiger partial charge in [-0.15, -0.1) is 0 Å². The second-order valence-electron chi connectivity index (χ2n) is 9.63. The summed E-state index contributed by atoms with van der Waals surface area (Å²) in [5.74, 6) is -0.591. The molecule has 3 aromatic carbocycles. The summed E-state index contributed by atoms with van der Waals surface area (Å²) in [4.78, 5) is 43.7. The van der Waals surface area contributed by atoms with E-state index in [0.29, 0.717) is 17.0 Å². The Labute approximate surface area is 216 Å². The van der Waals surface area contributed by atoms with Crippen molar-refractivity contribution >= 4 is 45.8 Å². The fourth-order valence-corrected chi connectivity index (χ4v) is 5.56. The molecule has 1 aliphatic carbocycles. The molecule has 36 heavy (non-hydrogen) atoms. The van der Waals surface area contributed by atoms with Crippen molar-refractivity contribution in [3.8, 4) is 0 Å². The van der Waals surface area contributed by atoms with E-state index in [9.17, 15) is 14.4 Å². The molecular formula is C29H30ClN3O3. The summed E-state index contributed by atoms with van der Waals surface area (Å²) < 4.78 is 0. The van der Waals surface area contributed by atoms with Gasteiger partial charge < -0.3 is 10.2 Å². The molecule has 2 aliphatic rings. The molecule has 1 unspecified atom stereocenters. The molecule has 186 valence electrons. The number of nitrogens with zero attached hydrogens (tertiary/aromatic N) is 2. The third-order valence-electron chi connectivity index (χ3n) is 7.30. The lowest BCUT2D eigenvalue weighted by Crippen LogP contribution is -2.53. The number of carbonyl (C=O) groups excluding carboxylic acids is 3. The highest BCUT2D eigenvalue weighted by Gasteiger charge is 2.35. The Bertz CT molecular complexity index is 1300. The van der Waals surface area contributed by atoms with Crippen LogP contribution in [0.4, 0.5) is 5.69 Å². The largest absolute Gasteiger partial charge is 0.352 e. The van der Waals surface area contributed by atoms with Crippen LogP contribution in [-0.2, 0) is 16.1 Å². The molecule has 1 atom stereocenters. The number of hydrogen-bond acceptors (Lipinski definition) is 3. The van der Waals surface area contributed by atoms with Gasteiger partial charge in [0, 0.05) is 28.6 Å². The van der Waals surface area contributed by atoms with Crippen molar-refractivity contribution in [2.75, 3.05) is 11.4 Å². The summed E-state index contributed by atoms with van der Waals surface area (Å²) in [7, 11) is 0. The number of halogens is 1. The van der Waals surface area contributed by atoms with Crippen LogP contribution < -0.4 is 10.2 Å². The highest BCUT2D eigenvalue weighted by molar-refractivity contribution is 6.30. The van der Waals surface area contributed by atoms with Crippen LogP contribution in [0.5, 0.6) is 0 Å². The van der Waals surface area contributed by atoms with Crippen molar-refractivity contribution in [3.05, 3.63) is 76.8 Å². The minimum atomic E-state index is -0.635. The van der Waals surface area contributed by atoms with Gasteiger partial charge in [0.05, 0.1) is 5.69 Å². The van der Waals surface area contributed by atoms with Crippen molar-refractivity contribution in [1.29, 1.82) is 0 Å². The van der Waals surface area contributed by atoms with Crippen LogP contribution in [0, 0.1) is 0 Å². The van der Waals surface area contributed by atoms with Crippen LogP contribution >= 0.6 is 11.6 Å². The van der Waals surface area contributed by atoms with E-state index in [-0.39, 0.29) is 36.9 Å². The molecule has 6 nitrogen and oxygen atoms in total. The lowest BCUT2D eigenvalue weighted by atomic mass is 10.1.